The molecule has 2 aromatic rings. The van der Waals surface area contributed by atoms with E-state index in [4.69, 9.17) is 9.15 Å². The van der Waals surface area contributed by atoms with Crippen molar-refractivity contribution in [3.05, 3.63) is 39.2 Å². The monoisotopic (exact) mass is 349 g/mol. The predicted octanol–water partition coefficient (Wildman–Crippen LogP) is 3.22. The maximum Gasteiger partial charge on any atom is 0.350 e. The van der Waals surface area contributed by atoms with Crippen molar-refractivity contribution in [3.63, 3.8) is 0 Å². The molecule has 2 aliphatic heterocycles. The van der Waals surface area contributed by atoms with Crippen LogP contribution >= 0.6 is 15.9 Å². The van der Waals surface area contributed by atoms with Gasteiger partial charge in [0.15, 0.2) is 0 Å². The van der Waals surface area contributed by atoms with Crippen LogP contribution in [0.2, 0.25) is 0 Å². The van der Waals surface area contributed by atoms with Gasteiger partial charge in [0.1, 0.15) is 21.9 Å². The van der Waals surface area contributed by atoms with E-state index in [9.17, 15) is 4.79 Å². The van der Waals surface area contributed by atoms with E-state index in [1.807, 2.05) is 18.2 Å². The molecule has 2 atom stereocenters. The third-order valence-electron chi connectivity index (χ3n) is 4.40. The first-order valence-electron chi connectivity index (χ1n) is 7.33. The highest BCUT2D eigenvalue weighted by Crippen LogP contribution is 2.30. The van der Waals surface area contributed by atoms with Gasteiger partial charge < -0.3 is 14.5 Å². The zero-order valence-corrected chi connectivity index (χ0v) is 13.1. The fraction of sp³-hybridized carbons (Fsp3) is 0.438. The molecular formula is C16H16BrNO3. The second kappa shape index (κ2) is 5.14. The number of ether oxygens (including phenoxy) is 1. The van der Waals surface area contributed by atoms with E-state index in [2.05, 4.69) is 21.2 Å². The average molecular weight is 350 g/mol. The van der Waals surface area contributed by atoms with Crippen LogP contribution in [0.1, 0.15) is 25.7 Å². The molecule has 2 unspecified atom stereocenters. The van der Waals surface area contributed by atoms with Crippen LogP contribution in [0, 0.1) is 0 Å². The number of piperidine rings is 1. The van der Waals surface area contributed by atoms with Gasteiger partial charge in [-0.15, -0.1) is 0 Å². The molecule has 0 amide bonds. The first kappa shape index (κ1) is 13.3. The normalized spacial score (nSPS) is 28.0. The molecule has 2 saturated heterocycles. The molecule has 0 aliphatic carbocycles. The van der Waals surface area contributed by atoms with E-state index in [-0.39, 0.29) is 11.7 Å². The molecule has 2 aliphatic rings. The van der Waals surface area contributed by atoms with E-state index in [1.165, 1.54) is 12.8 Å². The van der Waals surface area contributed by atoms with Crippen LogP contribution in [0.15, 0.2) is 37.9 Å². The van der Waals surface area contributed by atoms with Crippen molar-refractivity contribution in [1.82, 2.24) is 5.32 Å². The Morgan fingerprint density at radius 3 is 2.71 bits per heavy atom. The Balaban J connectivity index is 1.59. The second-order valence-corrected chi connectivity index (χ2v) is 6.78. The molecule has 0 radical (unpaired) electrons. The summed E-state index contributed by atoms with van der Waals surface area (Å²) in [5, 5.41) is 4.49. The highest BCUT2D eigenvalue weighted by atomic mass is 79.9. The second-order valence-electron chi connectivity index (χ2n) is 5.93. The van der Waals surface area contributed by atoms with E-state index < -0.39 is 0 Å². The summed E-state index contributed by atoms with van der Waals surface area (Å²) in [6, 6.07) is 8.65. The third kappa shape index (κ3) is 2.60. The molecule has 0 saturated carbocycles. The van der Waals surface area contributed by atoms with Gasteiger partial charge in [-0.1, -0.05) is 0 Å². The van der Waals surface area contributed by atoms with E-state index >= 15 is 0 Å². The first-order chi connectivity index (χ1) is 10.2. The molecule has 21 heavy (non-hydrogen) atoms. The molecule has 2 bridgehead atoms. The Morgan fingerprint density at radius 2 is 1.95 bits per heavy atom. The Bertz CT molecular complexity index is 730. The Morgan fingerprint density at radius 1 is 1.19 bits per heavy atom. The highest BCUT2D eigenvalue weighted by molar-refractivity contribution is 9.10. The minimum Gasteiger partial charge on any atom is -0.490 e. The topological polar surface area (TPSA) is 51.5 Å². The molecule has 4 nitrogen and oxygen atoms in total. The molecule has 1 aromatic carbocycles. The minimum atomic E-state index is -0.362. The molecule has 110 valence electrons. The van der Waals surface area contributed by atoms with Gasteiger partial charge >= 0.3 is 5.63 Å². The van der Waals surface area contributed by atoms with Crippen molar-refractivity contribution >= 4 is 26.9 Å². The van der Waals surface area contributed by atoms with Gasteiger partial charge in [-0.3, -0.25) is 0 Å². The van der Waals surface area contributed by atoms with Crippen LogP contribution < -0.4 is 15.7 Å². The van der Waals surface area contributed by atoms with Gasteiger partial charge in [0, 0.05) is 23.5 Å². The van der Waals surface area contributed by atoms with Gasteiger partial charge in [0.25, 0.3) is 0 Å². The van der Waals surface area contributed by atoms with Crippen LogP contribution in [0.3, 0.4) is 0 Å². The smallest absolute Gasteiger partial charge is 0.350 e. The van der Waals surface area contributed by atoms with E-state index in [0.717, 1.165) is 24.0 Å². The summed E-state index contributed by atoms with van der Waals surface area (Å²) in [7, 11) is 0. The van der Waals surface area contributed by atoms with Gasteiger partial charge in [-0.05, 0) is 59.8 Å². The maximum absolute atomic E-state index is 11.6. The molecule has 3 heterocycles. The Labute approximate surface area is 130 Å². The summed E-state index contributed by atoms with van der Waals surface area (Å²) < 4.78 is 11.8. The standard InChI is InChI=1S/C16H16BrNO3/c17-14-5-9-1-4-12(8-15(9)21-16(14)19)20-13-6-10-2-3-11(7-13)18-10/h1,4-5,8,10-11,13,18H,2-3,6-7H2. The summed E-state index contributed by atoms with van der Waals surface area (Å²) >= 11 is 3.19. The van der Waals surface area contributed by atoms with Gasteiger partial charge in [-0.2, -0.15) is 0 Å². The third-order valence-corrected chi connectivity index (χ3v) is 4.95. The van der Waals surface area contributed by atoms with Crippen LogP contribution in [0.25, 0.3) is 11.0 Å². The predicted molar refractivity (Wildman–Crippen MR) is 83.8 cm³/mol. The summed E-state index contributed by atoms with van der Waals surface area (Å²) in [6.07, 6.45) is 4.87. The van der Waals surface area contributed by atoms with Crippen LogP contribution in [0.4, 0.5) is 0 Å². The minimum absolute atomic E-state index is 0.253. The molecular weight excluding hydrogens is 334 g/mol. The van der Waals surface area contributed by atoms with Crippen LogP contribution in [-0.4, -0.2) is 18.2 Å². The summed E-state index contributed by atoms with van der Waals surface area (Å²) in [5.74, 6) is 0.777. The number of nitrogens with one attached hydrogen (secondary N) is 1. The quantitative estimate of drug-likeness (QED) is 0.845. The molecule has 2 fully saturated rings. The van der Waals surface area contributed by atoms with E-state index in [1.54, 1.807) is 6.07 Å². The fourth-order valence-corrected chi connectivity index (χ4v) is 3.76. The number of hydrogen-bond donors (Lipinski definition) is 1. The molecule has 0 spiro atoms. The molecule has 4 rings (SSSR count). The fourth-order valence-electron chi connectivity index (χ4n) is 3.43. The van der Waals surface area contributed by atoms with E-state index in [0.29, 0.717) is 22.1 Å². The Hall–Kier alpha value is -1.33. The lowest BCUT2D eigenvalue weighted by Crippen LogP contribution is -2.42. The van der Waals surface area contributed by atoms with Crippen molar-refractivity contribution in [2.75, 3.05) is 0 Å². The van der Waals surface area contributed by atoms with Gasteiger partial charge in [0.2, 0.25) is 0 Å². The molecule has 5 heteroatoms. The van der Waals surface area contributed by atoms with Gasteiger partial charge in [0.05, 0.1) is 0 Å². The van der Waals surface area contributed by atoms with Crippen LogP contribution in [0.5, 0.6) is 5.75 Å². The molecule has 1 aromatic heterocycles. The number of fused-ring (bicyclic) bond motifs is 3. The number of rotatable bonds is 2. The summed E-state index contributed by atoms with van der Waals surface area (Å²) in [4.78, 5) is 11.6. The average Bonchev–Trinajstić information content (AvgIpc) is 2.80. The summed E-state index contributed by atoms with van der Waals surface area (Å²) in [5.41, 5.74) is 0.206. The van der Waals surface area contributed by atoms with Crippen LogP contribution in [-0.2, 0) is 0 Å². The number of benzene rings is 1. The SMILES string of the molecule is O=c1oc2cc(OC3CC4CCC(C3)N4)ccc2cc1Br. The van der Waals surface area contributed by atoms with Crippen molar-refractivity contribution in [2.24, 2.45) is 0 Å². The summed E-state index contributed by atoms with van der Waals surface area (Å²) in [6.45, 7) is 0. The zero-order valence-electron chi connectivity index (χ0n) is 11.5. The largest absolute Gasteiger partial charge is 0.490 e. The Kier molecular flexibility index (Phi) is 3.27. The number of hydrogen-bond acceptors (Lipinski definition) is 4. The lowest BCUT2D eigenvalue weighted by molar-refractivity contribution is 0.137. The maximum atomic E-state index is 11.6. The number of halogens is 1. The zero-order chi connectivity index (χ0) is 14.4. The lowest BCUT2D eigenvalue weighted by Gasteiger charge is -2.29. The first-order valence-corrected chi connectivity index (χ1v) is 8.13. The van der Waals surface area contributed by atoms with Gasteiger partial charge in [-0.25, -0.2) is 4.79 Å². The molecule has 1 N–H and O–H groups in total. The van der Waals surface area contributed by atoms with Crippen molar-refractivity contribution in [1.29, 1.82) is 0 Å². The lowest BCUT2D eigenvalue weighted by atomic mass is 10.0. The van der Waals surface area contributed by atoms with Crippen molar-refractivity contribution in [2.45, 2.75) is 43.9 Å². The van der Waals surface area contributed by atoms with Crippen molar-refractivity contribution in [3.8, 4) is 5.75 Å². The highest BCUT2D eigenvalue weighted by Gasteiger charge is 2.34. The van der Waals surface area contributed by atoms with Crippen molar-refractivity contribution < 1.29 is 9.15 Å².